The molecule has 0 aromatic carbocycles. The number of carboxylic acid groups (broad SMARTS) is 1. The van der Waals surface area contributed by atoms with Crippen molar-refractivity contribution < 1.29 is 19.6 Å². The van der Waals surface area contributed by atoms with Crippen molar-refractivity contribution in [1.82, 2.24) is 4.98 Å². The van der Waals surface area contributed by atoms with E-state index in [0.717, 1.165) is 12.3 Å². The van der Waals surface area contributed by atoms with Crippen LogP contribution in [0.25, 0.3) is 0 Å². The number of amides is 1. The van der Waals surface area contributed by atoms with E-state index in [1.54, 1.807) is 6.92 Å². The third-order valence-corrected chi connectivity index (χ3v) is 2.49. The minimum Gasteiger partial charge on any atom is -0.481 e. The molecule has 9 nitrogen and oxygen atoms in total. The van der Waals surface area contributed by atoms with Crippen molar-refractivity contribution in [2.75, 3.05) is 11.9 Å². The van der Waals surface area contributed by atoms with Gasteiger partial charge in [-0.25, -0.2) is 4.98 Å². The Bertz CT molecular complexity index is 546. The molecule has 0 saturated heterocycles. The average molecular weight is 282 g/mol. The van der Waals surface area contributed by atoms with Crippen LogP contribution in [0, 0.1) is 16.0 Å². The zero-order valence-electron chi connectivity index (χ0n) is 10.7. The monoisotopic (exact) mass is 282 g/mol. The molecule has 1 atom stereocenters. The van der Waals surface area contributed by atoms with Crippen LogP contribution >= 0.6 is 0 Å². The number of nitrogens with two attached hydrogens (primary N) is 1. The molecular formula is C11H14N4O5. The Morgan fingerprint density at radius 3 is 2.75 bits per heavy atom. The van der Waals surface area contributed by atoms with E-state index in [4.69, 9.17) is 10.8 Å². The van der Waals surface area contributed by atoms with Gasteiger partial charge in [0.05, 0.1) is 10.5 Å². The van der Waals surface area contributed by atoms with E-state index in [1.165, 1.54) is 0 Å². The van der Waals surface area contributed by atoms with E-state index >= 15 is 0 Å². The van der Waals surface area contributed by atoms with Crippen molar-refractivity contribution in [1.29, 1.82) is 0 Å². The molecule has 1 unspecified atom stereocenters. The molecule has 0 radical (unpaired) electrons. The van der Waals surface area contributed by atoms with Crippen molar-refractivity contribution in [2.45, 2.75) is 13.3 Å². The fraction of sp³-hybridized carbons (Fsp3) is 0.364. The number of hydrogen-bond acceptors (Lipinski definition) is 6. The number of carbonyl (C=O) groups is 2. The minimum atomic E-state index is -0.939. The summed E-state index contributed by atoms with van der Waals surface area (Å²) >= 11 is 0. The molecule has 0 spiro atoms. The van der Waals surface area contributed by atoms with E-state index < -0.39 is 16.8 Å². The van der Waals surface area contributed by atoms with Gasteiger partial charge in [0.25, 0.3) is 11.6 Å². The number of aromatic nitrogens is 1. The van der Waals surface area contributed by atoms with E-state index in [0.29, 0.717) is 0 Å². The molecule has 0 fully saturated rings. The Balaban J connectivity index is 2.87. The second kappa shape index (κ2) is 6.45. The van der Waals surface area contributed by atoms with Crippen LogP contribution < -0.4 is 11.1 Å². The molecule has 1 amide bonds. The normalized spacial score (nSPS) is 11.7. The Hall–Kier alpha value is -2.71. The second-order valence-corrected chi connectivity index (χ2v) is 4.29. The highest BCUT2D eigenvalue weighted by molar-refractivity contribution is 5.98. The number of hydrogen-bond donors (Lipinski definition) is 3. The summed E-state index contributed by atoms with van der Waals surface area (Å²) < 4.78 is 0. The van der Waals surface area contributed by atoms with Gasteiger partial charge in [-0.1, -0.05) is 6.92 Å². The third kappa shape index (κ3) is 4.19. The molecule has 1 aromatic heterocycles. The van der Waals surface area contributed by atoms with Gasteiger partial charge < -0.3 is 16.2 Å². The Morgan fingerprint density at radius 2 is 2.25 bits per heavy atom. The first-order valence-corrected chi connectivity index (χ1v) is 5.71. The predicted octanol–water partition coefficient (Wildman–Crippen LogP) is 0.611. The first-order valence-electron chi connectivity index (χ1n) is 5.71. The Kier molecular flexibility index (Phi) is 4.95. The molecular weight excluding hydrogens is 268 g/mol. The summed E-state index contributed by atoms with van der Waals surface area (Å²) in [4.78, 5) is 35.5. The van der Waals surface area contributed by atoms with Crippen molar-refractivity contribution in [3.8, 4) is 0 Å². The maximum absolute atomic E-state index is 11.2. The summed E-state index contributed by atoms with van der Waals surface area (Å²) in [6.07, 6.45) is 0.947. The van der Waals surface area contributed by atoms with Crippen LogP contribution in [0.3, 0.4) is 0 Å². The van der Waals surface area contributed by atoms with Crippen LogP contribution in [0.4, 0.5) is 11.5 Å². The lowest BCUT2D eigenvalue weighted by molar-refractivity contribution is -0.385. The molecule has 1 rings (SSSR count). The largest absolute Gasteiger partial charge is 0.481 e. The summed E-state index contributed by atoms with van der Waals surface area (Å²) in [5.74, 6) is -1.90. The van der Waals surface area contributed by atoms with Gasteiger partial charge in [0.1, 0.15) is 12.0 Å². The van der Waals surface area contributed by atoms with Crippen LogP contribution in [-0.4, -0.2) is 33.4 Å². The first kappa shape index (κ1) is 15.3. The molecule has 0 aliphatic carbocycles. The molecule has 0 saturated carbocycles. The highest BCUT2D eigenvalue weighted by atomic mass is 16.6. The van der Waals surface area contributed by atoms with Crippen molar-refractivity contribution in [3.05, 3.63) is 27.9 Å². The van der Waals surface area contributed by atoms with E-state index in [-0.39, 0.29) is 36.0 Å². The average Bonchev–Trinajstić information content (AvgIpc) is 2.35. The first-order chi connectivity index (χ1) is 9.31. The minimum absolute atomic E-state index is 0.0497. The number of nitrogens with one attached hydrogen (secondary N) is 1. The maximum Gasteiger partial charge on any atom is 0.303 e. The van der Waals surface area contributed by atoms with Gasteiger partial charge in [0.15, 0.2) is 0 Å². The van der Waals surface area contributed by atoms with Crippen molar-refractivity contribution in [3.63, 3.8) is 0 Å². The Labute approximate surface area is 114 Å². The van der Waals surface area contributed by atoms with Crippen LogP contribution in [-0.2, 0) is 4.79 Å². The van der Waals surface area contributed by atoms with Gasteiger partial charge in [-0.05, 0) is 5.92 Å². The van der Waals surface area contributed by atoms with E-state index in [1.807, 2.05) is 0 Å². The van der Waals surface area contributed by atoms with Crippen molar-refractivity contribution in [2.24, 2.45) is 11.7 Å². The highest BCUT2D eigenvalue weighted by Gasteiger charge is 2.17. The number of nitrogens with zero attached hydrogens (tertiary/aromatic N) is 2. The Morgan fingerprint density at radius 1 is 1.60 bits per heavy atom. The van der Waals surface area contributed by atoms with Crippen molar-refractivity contribution >= 4 is 23.4 Å². The molecule has 20 heavy (non-hydrogen) atoms. The van der Waals surface area contributed by atoms with Crippen LogP contribution in [0.5, 0.6) is 0 Å². The fourth-order valence-corrected chi connectivity index (χ4v) is 1.52. The van der Waals surface area contributed by atoms with Crippen LogP contribution in [0.2, 0.25) is 0 Å². The third-order valence-electron chi connectivity index (χ3n) is 2.49. The number of aliphatic carboxylic acids is 1. The van der Waals surface area contributed by atoms with E-state index in [9.17, 15) is 19.7 Å². The molecule has 1 aromatic rings. The maximum atomic E-state index is 11.2. The zero-order valence-corrected chi connectivity index (χ0v) is 10.7. The fourth-order valence-electron chi connectivity index (χ4n) is 1.52. The molecule has 4 N–H and O–H groups in total. The number of carbonyl (C=O) groups excluding carboxylic acids is 1. The van der Waals surface area contributed by atoms with Gasteiger partial charge in [0, 0.05) is 19.0 Å². The summed E-state index contributed by atoms with van der Waals surface area (Å²) in [6.45, 7) is 1.95. The standard InChI is InChI=1S/C11H14N4O5/c1-6(2-9(16)17)4-13-11-8(10(12)18)3-7(5-14-11)15(19)20/h3,5-6H,2,4H2,1H3,(H2,12,18)(H,13,14)(H,16,17). The summed E-state index contributed by atoms with van der Waals surface area (Å²) in [7, 11) is 0. The number of anilines is 1. The molecule has 9 heteroatoms. The van der Waals surface area contributed by atoms with E-state index in [2.05, 4.69) is 10.3 Å². The predicted molar refractivity (Wildman–Crippen MR) is 69.3 cm³/mol. The van der Waals surface area contributed by atoms with Gasteiger partial charge in [-0.15, -0.1) is 0 Å². The zero-order chi connectivity index (χ0) is 15.3. The van der Waals surface area contributed by atoms with Gasteiger partial charge in [-0.3, -0.25) is 19.7 Å². The number of pyridine rings is 1. The molecule has 1 heterocycles. The quantitative estimate of drug-likeness (QED) is 0.490. The second-order valence-electron chi connectivity index (χ2n) is 4.29. The lowest BCUT2D eigenvalue weighted by atomic mass is 10.1. The number of primary amides is 1. The molecule has 0 aliphatic rings. The highest BCUT2D eigenvalue weighted by Crippen LogP contribution is 2.19. The number of rotatable bonds is 7. The van der Waals surface area contributed by atoms with Crippen LogP contribution in [0.15, 0.2) is 12.3 Å². The van der Waals surface area contributed by atoms with Gasteiger partial charge in [-0.2, -0.15) is 0 Å². The summed E-state index contributed by atoms with van der Waals surface area (Å²) in [5, 5.41) is 22.0. The SMILES string of the molecule is CC(CNc1ncc([N+](=O)[O-])cc1C(N)=O)CC(=O)O. The van der Waals surface area contributed by atoms with Gasteiger partial charge in [0.2, 0.25) is 0 Å². The topological polar surface area (TPSA) is 148 Å². The number of carboxylic acids is 1. The lowest BCUT2D eigenvalue weighted by Crippen LogP contribution is -2.20. The lowest BCUT2D eigenvalue weighted by Gasteiger charge is -2.12. The summed E-state index contributed by atoms with van der Waals surface area (Å²) in [6, 6.07) is 1.03. The molecule has 0 aliphatic heterocycles. The summed E-state index contributed by atoms with van der Waals surface area (Å²) in [5.41, 5.74) is 4.68. The van der Waals surface area contributed by atoms with Gasteiger partial charge >= 0.3 is 5.97 Å². The number of nitro groups is 1. The smallest absolute Gasteiger partial charge is 0.303 e. The van der Waals surface area contributed by atoms with Crippen LogP contribution in [0.1, 0.15) is 23.7 Å². The molecule has 0 bridgehead atoms. The molecule has 108 valence electrons.